The van der Waals surface area contributed by atoms with Crippen LogP contribution in [0.1, 0.15) is 72.3 Å². The number of nitrogens with zero attached hydrogens (tertiary/aromatic N) is 2. The number of aliphatic hydroxyl groups is 2. The Morgan fingerprint density at radius 1 is 0.683 bits per heavy atom. The van der Waals surface area contributed by atoms with Crippen LogP contribution in [0.5, 0.6) is 23.5 Å². The molecular weight excluding hydrogens is 985 g/mol. The number of aliphatic carboxylic acids is 2. The molecule has 0 saturated heterocycles. The SMILES string of the molecule is COc1nc(O[C@H]2CCc3c(-c4cccc5c4CC[C@@H]5Oc4nc(OC)c(CN[C@@](C)(CO)C(=O)O)cc4Br)cccc32)c(Br)cc1CN[C@@](C)(CO)C(=O)O.S.S.S.S. The minimum Gasteiger partial charge on any atom is -0.481 e. The number of pyridine rings is 2. The number of aromatic nitrogens is 2. The highest BCUT2D eigenvalue weighted by atomic mass is 79.9. The quantitative estimate of drug-likeness (QED) is 0.0707. The number of fused-ring (bicyclic) bond motifs is 2. The lowest BCUT2D eigenvalue weighted by Gasteiger charge is -2.24. The largest absolute Gasteiger partial charge is 0.481 e. The second-order valence-corrected chi connectivity index (χ2v) is 15.9. The normalized spacial score (nSPS) is 16.8. The number of carboxylic acids is 2. The summed E-state index contributed by atoms with van der Waals surface area (Å²) in [5.41, 5.74) is 4.95. The molecule has 330 valence electrons. The van der Waals surface area contributed by atoms with E-state index in [1.807, 2.05) is 12.1 Å². The van der Waals surface area contributed by atoms with E-state index in [1.54, 1.807) is 12.1 Å². The maximum absolute atomic E-state index is 11.7. The summed E-state index contributed by atoms with van der Waals surface area (Å²) in [5.74, 6) is -1.09. The second kappa shape index (κ2) is 22.4. The lowest BCUT2D eigenvalue weighted by atomic mass is 9.91. The number of halogens is 2. The average molecular weight is 1040 g/mol. The lowest BCUT2D eigenvalue weighted by molar-refractivity contribution is -0.146. The molecule has 2 heterocycles. The van der Waals surface area contributed by atoms with E-state index in [2.05, 4.69) is 76.7 Å². The predicted octanol–water partition coefficient (Wildman–Crippen LogP) is 6.12. The number of benzene rings is 2. The maximum atomic E-state index is 11.7. The number of nitrogens with one attached hydrogen (secondary N) is 2. The van der Waals surface area contributed by atoms with Gasteiger partial charge < -0.3 is 39.4 Å². The first-order chi connectivity index (χ1) is 26.7. The first kappa shape index (κ1) is 53.2. The Labute approximate surface area is 393 Å². The summed E-state index contributed by atoms with van der Waals surface area (Å²) < 4.78 is 25.3. The van der Waals surface area contributed by atoms with Crippen molar-refractivity contribution < 1.29 is 49.0 Å². The summed E-state index contributed by atoms with van der Waals surface area (Å²) in [6.45, 7) is 1.82. The fourth-order valence-electron chi connectivity index (χ4n) is 6.99. The van der Waals surface area contributed by atoms with Crippen LogP contribution in [-0.2, 0) is 35.5 Å². The highest BCUT2D eigenvalue weighted by molar-refractivity contribution is 9.10. The summed E-state index contributed by atoms with van der Waals surface area (Å²) in [4.78, 5) is 32.6. The summed E-state index contributed by atoms with van der Waals surface area (Å²) in [6, 6.07) is 16.1. The average Bonchev–Trinajstić information content (AvgIpc) is 3.81. The van der Waals surface area contributed by atoms with Gasteiger partial charge in [-0.3, -0.25) is 20.2 Å². The number of rotatable bonds is 17. The predicted molar refractivity (Wildman–Crippen MR) is 254 cm³/mol. The number of carboxylic acid groups (broad SMARTS) is 2. The van der Waals surface area contributed by atoms with E-state index in [-0.39, 0.29) is 91.0 Å². The van der Waals surface area contributed by atoms with Gasteiger partial charge >= 0.3 is 11.9 Å². The fourth-order valence-corrected chi connectivity index (χ4v) is 7.91. The fraction of sp³-hybridized carbons (Fsp3) is 0.400. The third-order valence-electron chi connectivity index (χ3n) is 10.5. The van der Waals surface area contributed by atoms with Crippen molar-refractivity contribution in [2.24, 2.45) is 0 Å². The number of ether oxygens (including phenoxy) is 4. The number of hydrogen-bond acceptors (Lipinski definition) is 12. The van der Waals surface area contributed by atoms with E-state index in [4.69, 9.17) is 18.9 Å². The van der Waals surface area contributed by atoms with Crippen LogP contribution in [0.25, 0.3) is 11.1 Å². The minimum atomic E-state index is -1.53. The molecule has 0 spiro atoms. The molecule has 4 atom stereocenters. The standard InChI is InChI=1S/C40H44Br2N4O10.4H2S/c1-39(19-47,37(49)50)43-17-21-15-29(41)35(45-33(21)53-3)55-31-13-11-25-23(7-5-9-27(25)31)24-8-6-10-28-26(24)12-14-32(28)56-36-30(42)16-22(34(46-36)54-4)18-44-40(2,20-48)38(51)52;;;;/h5-10,15-16,31-32,43-44,47-48H,11-14,17-20H2,1-4H3,(H,49,50)(H,51,52);4*1H2/t31-,32-,39-,40-;;;;/m0..../s1. The summed E-state index contributed by atoms with van der Waals surface area (Å²) in [5, 5.41) is 44.1. The van der Waals surface area contributed by atoms with Gasteiger partial charge in [0.25, 0.3) is 0 Å². The Balaban J connectivity index is 0.00000310. The van der Waals surface area contributed by atoms with Crippen LogP contribution in [0.15, 0.2) is 57.5 Å². The maximum Gasteiger partial charge on any atom is 0.326 e. The molecule has 20 heteroatoms. The van der Waals surface area contributed by atoms with Crippen molar-refractivity contribution in [3.05, 3.63) is 90.9 Å². The van der Waals surface area contributed by atoms with E-state index in [0.717, 1.165) is 47.9 Å². The highest BCUT2D eigenvalue weighted by Gasteiger charge is 2.35. The molecule has 4 aromatic rings. The molecule has 2 aliphatic carbocycles. The van der Waals surface area contributed by atoms with Crippen molar-refractivity contribution in [3.8, 4) is 34.6 Å². The number of methoxy groups -OCH3 is 2. The van der Waals surface area contributed by atoms with E-state index in [9.17, 15) is 30.0 Å². The molecule has 0 unspecified atom stereocenters. The minimum absolute atomic E-state index is 0. The van der Waals surface area contributed by atoms with Crippen LogP contribution in [0.3, 0.4) is 0 Å². The molecule has 2 aliphatic rings. The Morgan fingerprint density at radius 2 is 1.05 bits per heavy atom. The van der Waals surface area contributed by atoms with E-state index < -0.39 is 36.2 Å². The Hall–Kier alpha value is -2.92. The van der Waals surface area contributed by atoms with Crippen molar-refractivity contribution in [3.63, 3.8) is 0 Å². The zero-order valence-corrected chi connectivity index (χ0v) is 40.5. The van der Waals surface area contributed by atoms with Crippen LogP contribution < -0.4 is 29.6 Å². The van der Waals surface area contributed by atoms with Crippen molar-refractivity contribution in [1.82, 2.24) is 20.6 Å². The van der Waals surface area contributed by atoms with Gasteiger partial charge in [-0.2, -0.15) is 64.0 Å². The molecule has 2 aromatic carbocycles. The first-order valence-corrected chi connectivity index (χ1v) is 19.6. The molecule has 6 N–H and O–H groups in total. The third-order valence-corrected chi connectivity index (χ3v) is 11.6. The van der Waals surface area contributed by atoms with E-state index in [0.29, 0.717) is 31.8 Å². The molecule has 0 bridgehead atoms. The Morgan fingerprint density at radius 3 is 1.37 bits per heavy atom. The van der Waals surface area contributed by atoms with Gasteiger partial charge in [-0.15, -0.1) is 0 Å². The molecule has 14 nitrogen and oxygen atoms in total. The molecule has 0 fully saturated rings. The van der Waals surface area contributed by atoms with Crippen LogP contribution in [0, 0.1) is 0 Å². The molecule has 6 rings (SSSR count). The van der Waals surface area contributed by atoms with Crippen molar-refractivity contribution >= 4 is 97.8 Å². The smallest absolute Gasteiger partial charge is 0.326 e. The molecule has 0 amide bonds. The Kier molecular flexibility index (Phi) is 19.9. The van der Waals surface area contributed by atoms with Gasteiger partial charge in [0.05, 0.1) is 36.4 Å². The van der Waals surface area contributed by atoms with Gasteiger partial charge in [0.1, 0.15) is 23.3 Å². The van der Waals surface area contributed by atoms with Crippen LogP contribution in [-0.4, -0.2) is 80.8 Å². The van der Waals surface area contributed by atoms with Gasteiger partial charge in [-0.1, -0.05) is 36.4 Å². The van der Waals surface area contributed by atoms with Gasteiger partial charge in [0, 0.05) is 24.2 Å². The molecule has 0 aliphatic heterocycles. The molecule has 0 saturated carbocycles. The van der Waals surface area contributed by atoms with Gasteiger partial charge in [0.2, 0.25) is 23.5 Å². The summed E-state index contributed by atoms with van der Waals surface area (Å²) in [7, 11) is 2.97. The van der Waals surface area contributed by atoms with Crippen LogP contribution >= 0.6 is 85.8 Å². The zero-order chi connectivity index (χ0) is 40.4. The zero-order valence-electron chi connectivity index (χ0n) is 33.3. The number of carbonyl (C=O) groups is 2. The number of aliphatic hydroxyl groups excluding tert-OH is 2. The van der Waals surface area contributed by atoms with Gasteiger partial charge in [0.15, 0.2) is 0 Å². The van der Waals surface area contributed by atoms with Crippen LogP contribution in [0.2, 0.25) is 0 Å². The summed E-state index contributed by atoms with van der Waals surface area (Å²) in [6.07, 6.45) is 2.54. The van der Waals surface area contributed by atoms with Crippen molar-refractivity contribution in [2.45, 2.75) is 75.9 Å². The van der Waals surface area contributed by atoms with E-state index in [1.165, 1.54) is 39.2 Å². The van der Waals surface area contributed by atoms with Crippen molar-refractivity contribution in [1.29, 1.82) is 0 Å². The topological polar surface area (TPSA) is 202 Å². The molecule has 0 radical (unpaired) electrons. The summed E-state index contributed by atoms with van der Waals surface area (Å²) >= 11 is 7.16. The number of hydrogen-bond donors (Lipinski definition) is 6. The second-order valence-electron chi connectivity index (χ2n) is 14.2. The third kappa shape index (κ3) is 11.0. The first-order valence-electron chi connectivity index (χ1n) is 18.0. The monoisotopic (exact) mass is 1030 g/mol. The van der Waals surface area contributed by atoms with Gasteiger partial charge in [-0.05, 0) is 117 Å². The lowest BCUT2D eigenvalue weighted by Crippen LogP contribution is -2.52. The molecule has 60 heavy (non-hydrogen) atoms. The Bertz CT molecular complexity index is 2010. The van der Waals surface area contributed by atoms with E-state index >= 15 is 0 Å². The van der Waals surface area contributed by atoms with Crippen LogP contribution in [0.4, 0.5) is 0 Å². The van der Waals surface area contributed by atoms with Crippen molar-refractivity contribution in [2.75, 3.05) is 27.4 Å². The van der Waals surface area contributed by atoms with Gasteiger partial charge in [-0.25, -0.2) is 0 Å². The highest BCUT2D eigenvalue weighted by Crippen LogP contribution is 2.46. The molecular formula is C40H52Br2N4O10S4. The molecule has 2 aromatic heterocycles.